The Morgan fingerprint density at radius 1 is 1.00 bits per heavy atom. The third kappa shape index (κ3) is 5.74. The van der Waals surface area contributed by atoms with Crippen molar-refractivity contribution in [1.82, 2.24) is 10.2 Å². The number of Topliss-reactive ketones (excluding diaryl/α,β-unsaturated/α-hetero) is 1. The van der Waals surface area contributed by atoms with Gasteiger partial charge in [0.1, 0.15) is 10.6 Å². The van der Waals surface area contributed by atoms with Crippen LogP contribution in [0.25, 0.3) is 21.2 Å². The first-order valence-corrected chi connectivity index (χ1v) is 14.5. The number of benzene rings is 3. The third-order valence-corrected chi connectivity index (χ3v) is 9.44. The lowest BCUT2D eigenvalue weighted by Gasteiger charge is -2.37. The van der Waals surface area contributed by atoms with Crippen molar-refractivity contribution in [3.8, 4) is 16.9 Å². The minimum atomic E-state index is -0.0348. The van der Waals surface area contributed by atoms with E-state index in [1.54, 1.807) is 14.0 Å². The number of halogens is 1. The number of hydrogen-bond donors (Lipinski definition) is 1. The maximum atomic E-state index is 14.2. The van der Waals surface area contributed by atoms with Gasteiger partial charge in [0, 0.05) is 39.8 Å². The molecule has 5 rings (SSSR count). The van der Waals surface area contributed by atoms with Crippen molar-refractivity contribution < 1.29 is 14.3 Å². The van der Waals surface area contributed by atoms with Crippen LogP contribution in [0, 0.1) is 0 Å². The zero-order valence-electron chi connectivity index (χ0n) is 22.5. The van der Waals surface area contributed by atoms with E-state index in [1.165, 1.54) is 11.3 Å². The summed E-state index contributed by atoms with van der Waals surface area (Å²) in [5.74, 6) is 0.745. The van der Waals surface area contributed by atoms with Gasteiger partial charge in [0.05, 0.1) is 12.1 Å². The van der Waals surface area contributed by atoms with Crippen molar-refractivity contribution in [3.05, 3.63) is 87.8 Å². The van der Waals surface area contributed by atoms with Gasteiger partial charge in [-0.2, -0.15) is 0 Å². The van der Waals surface area contributed by atoms with E-state index in [4.69, 9.17) is 16.3 Å². The molecule has 1 aromatic heterocycles. The largest absolute Gasteiger partial charge is 0.496 e. The van der Waals surface area contributed by atoms with E-state index < -0.39 is 0 Å². The number of amides is 1. The number of fused-ring (bicyclic) bond motifs is 1. The summed E-state index contributed by atoms with van der Waals surface area (Å²) in [7, 11) is 3.66. The highest BCUT2D eigenvalue weighted by atomic mass is 35.5. The number of nitrogens with zero attached hydrogens (tertiary/aromatic N) is 1. The van der Waals surface area contributed by atoms with Crippen LogP contribution in [0.3, 0.4) is 0 Å². The zero-order chi connectivity index (χ0) is 27.5. The molecule has 0 saturated heterocycles. The van der Waals surface area contributed by atoms with Gasteiger partial charge >= 0.3 is 0 Å². The molecule has 39 heavy (non-hydrogen) atoms. The van der Waals surface area contributed by atoms with E-state index in [-0.39, 0.29) is 17.7 Å². The van der Waals surface area contributed by atoms with Gasteiger partial charge in [0.2, 0.25) is 0 Å². The van der Waals surface area contributed by atoms with Crippen LogP contribution < -0.4 is 10.1 Å². The Morgan fingerprint density at radius 2 is 1.69 bits per heavy atom. The summed E-state index contributed by atoms with van der Waals surface area (Å²) in [6, 6.07) is 22.2. The molecule has 1 aliphatic carbocycles. The fourth-order valence-corrected chi connectivity index (χ4v) is 6.96. The van der Waals surface area contributed by atoms with E-state index in [1.807, 2.05) is 72.6 Å². The van der Waals surface area contributed by atoms with Crippen LogP contribution >= 0.6 is 22.9 Å². The SMILES string of the molecule is CNC1CCC(N(Cc2cc(-c3ccc(C(C)=O)cc3)ccc2OC)C(=O)c2sc3ccccc3c2Cl)CC1. The second kappa shape index (κ2) is 11.9. The fourth-order valence-electron chi connectivity index (χ4n) is 5.49. The standard InChI is InChI=1S/C32H33ClN2O3S/c1-20(36)21-8-10-22(11-9-21)23-12-17-28(38-3)24(18-23)19-35(26-15-13-25(34-2)14-16-26)32(37)31-30(33)27-6-4-5-7-29(27)39-31/h4-12,17-18,25-26,34H,13-16,19H2,1-3H3. The number of thiophene rings is 1. The minimum Gasteiger partial charge on any atom is -0.496 e. The number of ketones is 1. The van der Waals surface area contributed by atoms with Crippen LogP contribution in [-0.2, 0) is 6.54 Å². The van der Waals surface area contributed by atoms with Gasteiger partial charge in [-0.15, -0.1) is 11.3 Å². The van der Waals surface area contributed by atoms with Gasteiger partial charge < -0.3 is 15.0 Å². The quantitative estimate of drug-likeness (QED) is 0.225. The molecule has 1 saturated carbocycles. The molecule has 0 aliphatic heterocycles. The van der Waals surface area contributed by atoms with E-state index in [9.17, 15) is 9.59 Å². The van der Waals surface area contributed by atoms with Crippen LogP contribution in [0.15, 0.2) is 66.7 Å². The van der Waals surface area contributed by atoms with Crippen molar-refractivity contribution >= 4 is 44.7 Å². The molecule has 0 atom stereocenters. The number of hydrogen-bond acceptors (Lipinski definition) is 5. The van der Waals surface area contributed by atoms with Crippen LogP contribution in [0.5, 0.6) is 5.75 Å². The molecule has 4 aromatic rings. The molecule has 0 unspecified atom stereocenters. The summed E-state index contributed by atoms with van der Waals surface area (Å²) in [5, 5.41) is 4.84. The molecular weight excluding hydrogens is 528 g/mol. The normalized spacial score (nSPS) is 17.2. The van der Waals surface area contributed by atoms with Crippen LogP contribution in [0.4, 0.5) is 0 Å². The third-order valence-electron chi connectivity index (χ3n) is 7.78. The second-order valence-electron chi connectivity index (χ2n) is 10.1. The lowest BCUT2D eigenvalue weighted by Crippen LogP contribution is -2.44. The Labute approximate surface area is 238 Å². The van der Waals surface area contributed by atoms with Gasteiger partial charge in [0.15, 0.2) is 5.78 Å². The summed E-state index contributed by atoms with van der Waals surface area (Å²) in [6.45, 7) is 1.99. The molecule has 1 heterocycles. The van der Waals surface area contributed by atoms with Crippen molar-refractivity contribution in [3.63, 3.8) is 0 Å². The Hall–Kier alpha value is -3.19. The number of rotatable bonds is 8. The summed E-state index contributed by atoms with van der Waals surface area (Å²) < 4.78 is 6.76. The summed E-state index contributed by atoms with van der Waals surface area (Å²) in [5.41, 5.74) is 3.63. The van der Waals surface area contributed by atoms with Gasteiger partial charge in [-0.05, 0) is 69.0 Å². The maximum Gasteiger partial charge on any atom is 0.266 e. The summed E-state index contributed by atoms with van der Waals surface area (Å²) in [4.78, 5) is 28.5. The van der Waals surface area contributed by atoms with Gasteiger partial charge in [-0.1, -0.05) is 60.1 Å². The highest BCUT2D eigenvalue weighted by Gasteiger charge is 2.32. The molecule has 1 aliphatic rings. The van der Waals surface area contributed by atoms with E-state index in [2.05, 4.69) is 11.4 Å². The Morgan fingerprint density at radius 3 is 2.33 bits per heavy atom. The topological polar surface area (TPSA) is 58.6 Å². The molecule has 3 aromatic carbocycles. The molecule has 7 heteroatoms. The summed E-state index contributed by atoms with van der Waals surface area (Å²) in [6.07, 6.45) is 3.89. The molecule has 1 amide bonds. The highest BCUT2D eigenvalue weighted by Crippen LogP contribution is 2.38. The lowest BCUT2D eigenvalue weighted by atomic mass is 9.89. The number of nitrogens with one attached hydrogen (secondary N) is 1. The van der Waals surface area contributed by atoms with Gasteiger partial charge in [-0.3, -0.25) is 9.59 Å². The minimum absolute atomic E-state index is 0.0348. The van der Waals surface area contributed by atoms with Crippen molar-refractivity contribution in [1.29, 1.82) is 0 Å². The van der Waals surface area contributed by atoms with E-state index in [0.717, 1.165) is 58.2 Å². The van der Waals surface area contributed by atoms with Crippen LogP contribution in [-0.4, -0.2) is 42.8 Å². The molecule has 1 N–H and O–H groups in total. The molecule has 0 spiro atoms. The van der Waals surface area contributed by atoms with Crippen LogP contribution in [0.1, 0.15) is 58.2 Å². The van der Waals surface area contributed by atoms with Gasteiger partial charge in [0.25, 0.3) is 5.91 Å². The second-order valence-corrected chi connectivity index (χ2v) is 11.6. The van der Waals surface area contributed by atoms with E-state index in [0.29, 0.717) is 28.0 Å². The number of carbonyl (C=O) groups excluding carboxylic acids is 2. The number of methoxy groups -OCH3 is 1. The fraction of sp³-hybridized carbons (Fsp3) is 0.312. The van der Waals surface area contributed by atoms with Crippen molar-refractivity contribution in [2.75, 3.05) is 14.2 Å². The number of carbonyl (C=O) groups is 2. The molecule has 5 nitrogen and oxygen atoms in total. The smallest absolute Gasteiger partial charge is 0.266 e. The average molecular weight is 561 g/mol. The Kier molecular flexibility index (Phi) is 8.36. The predicted octanol–water partition coefficient (Wildman–Crippen LogP) is 7.61. The molecule has 202 valence electrons. The Balaban J connectivity index is 1.51. The first-order valence-electron chi connectivity index (χ1n) is 13.3. The maximum absolute atomic E-state index is 14.2. The Bertz CT molecular complexity index is 1490. The molecule has 0 radical (unpaired) electrons. The average Bonchev–Trinajstić information content (AvgIpc) is 3.32. The van der Waals surface area contributed by atoms with Gasteiger partial charge in [-0.25, -0.2) is 0 Å². The highest BCUT2D eigenvalue weighted by molar-refractivity contribution is 7.21. The van der Waals surface area contributed by atoms with Crippen molar-refractivity contribution in [2.24, 2.45) is 0 Å². The number of ether oxygens (including phenoxy) is 1. The molecule has 0 bridgehead atoms. The van der Waals surface area contributed by atoms with E-state index >= 15 is 0 Å². The first kappa shape index (κ1) is 27.4. The van der Waals surface area contributed by atoms with Crippen molar-refractivity contribution in [2.45, 2.75) is 51.2 Å². The van der Waals surface area contributed by atoms with Crippen LogP contribution in [0.2, 0.25) is 5.02 Å². The first-order chi connectivity index (χ1) is 18.9. The summed E-state index contributed by atoms with van der Waals surface area (Å²) >= 11 is 8.25. The molecular formula is C32H33ClN2O3S. The monoisotopic (exact) mass is 560 g/mol. The zero-order valence-corrected chi connectivity index (χ0v) is 24.1. The molecule has 1 fully saturated rings. The lowest BCUT2D eigenvalue weighted by molar-refractivity contribution is 0.0604. The predicted molar refractivity (Wildman–Crippen MR) is 160 cm³/mol.